The number of rotatable bonds is 5. The van der Waals surface area contributed by atoms with Crippen LogP contribution in [0.25, 0.3) is 11.1 Å². The molecule has 0 amide bonds. The van der Waals surface area contributed by atoms with E-state index in [1.54, 1.807) is 6.07 Å². The predicted molar refractivity (Wildman–Crippen MR) is 75.8 cm³/mol. The first-order valence-corrected chi connectivity index (χ1v) is 6.41. The van der Waals surface area contributed by atoms with E-state index in [0.29, 0.717) is 13.2 Å². The molecule has 2 aromatic carbocycles. The second-order valence-electron chi connectivity index (χ2n) is 4.29. The summed E-state index contributed by atoms with van der Waals surface area (Å²) in [5.74, 6) is 0.620. The number of halogens is 1. The molecule has 0 atom stereocenters. The summed E-state index contributed by atoms with van der Waals surface area (Å²) < 4.78 is 18.8. The lowest BCUT2D eigenvalue weighted by atomic mass is 9.99. The average Bonchev–Trinajstić information content (AvgIpc) is 2.40. The first kappa shape index (κ1) is 13.6. The number of hydrogen-bond donors (Lipinski definition) is 1. The van der Waals surface area contributed by atoms with Crippen molar-refractivity contribution in [3.8, 4) is 16.9 Å². The summed E-state index contributed by atoms with van der Waals surface area (Å²) in [7, 11) is 1.85. The van der Waals surface area contributed by atoms with Crippen LogP contribution in [0.5, 0.6) is 5.75 Å². The van der Waals surface area contributed by atoms with Gasteiger partial charge in [-0.3, -0.25) is 0 Å². The third-order valence-electron chi connectivity index (χ3n) is 2.89. The van der Waals surface area contributed by atoms with Gasteiger partial charge >= 0.3 is 0 Å². The molecular weight excluding hydrogens is 241 g/mol. The van der Waals surface area contributed by atoms with Crippen LogP contribution in [-0.2, 0) is 6.54 Å². The maximum atomic E-state index is 13.3. The summed E-state index contributed by atoms with van der Waals surface area (Å²) in [5.41, 5.74) is 3.00. The van der Waals surface area contributed by atoms with Crippen molar-refractivity contribution in [2.24, 2.45) is 0 Å². The molecule has 100 valence electrons. The van der Waals surface area contributed by atoms with E-state index in [0.717, 1.165) is 22.4 Å². The van der Waals surface area contributed by atoms with Crippen LogP contribution in [-0.4, -0.2) is 13.7 Å². The van der Waals surface area contributed by atoms with E-state index < -0.39 is 0 Å². The first-order valence-electron chi connectivity index (χ1n) is 6.41. The van der Waals surface area contributed by atoms with Gasteiger partial charge in [-0.15, -0.1) is 0 Å². The minimum Gasteiger partial charge on any atom is -0.494 e. The van der Waals surface area contributed by atoms with Gasteiger partial charge in [0.1, 0.15) is 11.6 Å². The normalized spacial score (nSPS) is 10.5. The third-order valence-corrected chi connectivity index (χ3v) is 2.89. The highest BCUT2D eigenvalue weighted by atomic mass is 19.1. The zero-order valence-electron chi connectivity index (χ0n) is 11.2. The lowest BCUT2D eigenvalue weighted by Gasteiger charge is -2.11. The summed E-state index contributed by atoms with van der Waals surface area (Å²) in [6.07, 6.45) is 0. The van der Waals surface area contributed by atoms with Crippen molar-refractivity contribution < 1.29 is 9.13 Å². The van der Waals surface area contributed by atoms with Crippen LogP contribution < -0.4 is 10.1 Å². The van der Waals surface area contributed by atoms with E-state index in [-0.39, 0.29) is 5.82 Å². The fourth-order valence-electron chi connectivity index (χ4n) is 2.10. The first-order chi connectivity index (χ1) is 9.24. The number of nitrogens with one attached hydrogen (secondary N) is 1. The van der Waals surface area contributed by atoms with E-state index in [2.05, 4.69) is 5.32 Å². The molecule has 0 bridgehead atoms. The molecule has 0 aliphatic carbocycles. The monoisotopic (exact) mass is 259 g/mol. The second kappa shape index (κ2) is 6.34. The fraction of sp³-hybridized carbons (Fsp3) is 0.250. The van der Waals surface area contributed by atoms with Gasteiger partial charge < -0.3 is 10.1 Å². The lowest BCUT2D eigenvalue weighted by Crippen LogP contribution is -2.06. The molecule has 0 unspecified atom stereocenters. The quantitative estimate of drug-likeness (QED) is 0.885. The molecule has 19 heavy (non-hydrogen) atoms. The van der Waals surface area contributed by atoms with E-state index in [1.807, 2.05) is 44.3 Å². The molecule has 2 aromatic rings. The molecule has 1 N–H and O–H groups in total. The average molecular weight is 259 g/mol. The van der Waals surface area contributed by atoms with Crippen LogP contribution in [0.15, 0.2) is 42.5 Å². The molecule has 0 radical (unpaired) electrons. The Balaban J connectivity index is 2.42. The van der Waals surface area contributed by atoms with Gasteiger partial charge in [0.2, 0.25) is 0 Å². The third kappa shape index (κ3) is 3.32. The Morgan fingerprint density at radius 1 is 1.16 bits per heavy atom. The van der Waals surface area contributed by atoms with E-state index in [1.165, 1.54) is 6.07 Å². The van der Waals surface area contributed by atoms with Crippen molar-refractivity contribution in [3.63, 3.8) is 0 Å². The predicted octanol–water partition coefficient (Wildman–Crippen LogP) is 3.61. The Bertz CT molecular complexity index is 554. The van der Waals surface area contributed by atoms with Crippen LogP contribution >= 0.6 is 0 Å². The van der Waals surface area contributed by atoms with Crippen molar-refractivity contribution in [1.29, 1.82) is 0 Å². The highest BCUT2D eigenvalue weighted by molar-refractivity contribution is 5.68. The van der Waals surface area contributed by atoms with Crippen LogP contribution in [0, 0.1) is 5.82 Å². The Hall–Kier alpha value is -1.87. The molecular formula is C16H18FNO. The van der Waals surface area contributed by atoms with Crippen LogP contribution in [0.2, 0.25) is 0 Å². The fourth-order valence-corrected chi connectivity index (χ4v) is 2.10. The maximum Gasteiger partial charge on any atom is 0.123 e. The minimum atomic E-state index is -0.213. The molecule has 2 nitrogen and oxygen atoms in total. The van der Waals surface area contributed by atoms with Crippen molar-refractivity contribution in [2.75, 3.05) is 13.7 Å². The number of hydrogen-bond acceptors (Lipinski definition) is 2. The van der Waals surface area contributed by atoms with Crippen LogP contribution in [0.1, 0.15) is 12.5 Å². The van der Waals surface area contributed by atoms with Gasteiger partial charge in [0.15, 0.2) is 0 Å². The Morgan fingerprint density at radius 2 is 2.00 bits per heavy atom. The highest BCUT2D eigenvalue weighted by Gasteiger charge is 2.07. The minimum absolute atomic E-state index is 0.213. The summed E-state index contributed by atoms with van der Waals surface area (Å²) in [4.78, 5) is 0. The molecule has 0 saturated carbocycles. The molecule has 0 aromatic heterocycles. The molecule has 2 rings (SSSR count). The standard InChI is InChI=1S/C16H18FNO/c1-3-19-15-6-4-5-12(10-15)16-8-7-14(17)9-13(16)11-18-2/h4-10,18H,3,11H2,1-2H3. The highest BCUT2D eigenvalue weighted by Crippen LogP contribution is 2.27. The molecule has 0 saturated heterocycles. The smallest absolute Gasteiger partial charge is 0.123 e. The van der Waals surface area contributed by atoms with Crippen LogP contribution in [0.3, 0.4) is 0 Å². The molecule has 0 heterocycles. The van der Waals surface area contributed by atoms with Gasteiger partial charge in [0.25, 0.3) is 0 Å². The van der Waals surface area contributed by atoms with Crippen LogP contribution in [0.4, 0.5) is 4.39 Å². The van der Waals surface area contributed by atoms with E-state index >= 15 is 0 Å². The molecule has 3 heteroatoms. The SMILES string of the molecule is CCOc1cccc(-c2ccc(F)cc2CNC)c1. The second-order valence-corrected chi connectivity index (χ2v) is 4.29. The van der Waals surface area contributed by atoms with E-state index in [4.69, 9.17) is 4.74 Å². The number of benzene rings is 2. The summed E-state index contributed by atoms with van der Waals surface area (Å²) in [6.45, 7) is 3.22. The zero-order chi connectivity index (χ0) is 13.7. The molecule has 0 spiro atoms. The lowest BCUT2D eigenvalue weighted by molar-refractivity contribution is 0.340. The van der Waals surface area contributed by atoms with Gasteiger partial charge in [-0.25, -0.2) is 4.39 Å². The number of ether oxygens (including phenoxy) is 1. The maximum absolute atomic E-state index is 13.3. The van der Waals surface area contributed by atoms with Gasteiger partial charge in [-0.1, -0.05) is 18.2 Å². The molecule has 0 fully saturated rings. The van der Waals surface area contributed by atoms with Crippen molar-refractivity contribution in [3.05, 3.63) is 53.8 Å². The Kier molecular flexibility index (Phi) is 4.53. The topological polar surface area (TPSA) is 21.3 Å². The van der Waals surface area contributed by atoms with Crippen molar-refractivity contribution >= 4 is 0 Å². The van der Waals surface area contributed by atoms with E-state index in [9.17, 15) is 4.39 Å². The van der Waals surface area contributed by atoms with Gasteiger partial charge in [-0.2, -0.15) is 0 Å². The van der Waals surface area contributed by atoms with Gasteiger partial charge in [0, 0.05) is 6.54 Å². The van der Waals surface area contributed by atoms with Crippen molar-refractivity contribution in [2.45, 2.75) is 13.5 Å². The zero-order valence-corrected chi connectivity index (χ0v) is 11.2. The molecule has 0 aliphatic rings. The van der Waals surface area contributed by atoms with Gasteiger partial charge in [0.05, 0.1) is 6.61 Å². The summed E-state index contributed by atoms with van der Waals surface area (Å²) >= 11 is 0. The Labute approximate surface area is 113 Å². The Morgan fingerprint density at radius 3 is 2.74 bits per heavy atom. The molecule has 0 aliphatic heterocycles. The summed E-state index contributed by atoms with van der Waals surface area (Å²) in [5, 5.41) is 3.06. The van der Waals surface area contributed by atoms with Gasteiger partial charge in [-0.05, 0) is 54.9 Å². The van der Waals surface area contributed by atoms with Crippen molar-refractivity contribution in [1.82, 2.24) is 5.32 Å². The largest absolute Gasteiger partial charge is 0.494 e. The summed E-state index contributed by atoms with van der Waals surface area (Å²) in [6, 6.07) is 12.7.